The molecule has 2 aromatic rings. The van der Waals surface area contributed by atoms with Crippen LogP contribution in [0.2, 0.25) is 0 Å². The lowest BCUT2D eigenvalue weighted by Crippen LogP contribution is -2.20. The van der Waals surface area contributed by atoms with Gasteiger partial charge in [-0.2, -0.15) is 0 Å². The van der Waals surface area contributed by atoms with E-state index in [1.165, 1.54) is 4.57 Å². The van der Waals surface area contributed by atoms with Crippen LogP contribution in [0.1, 0.15) is 5.82 Å². The fraction of sp³-hybridized carbons (Fsp3) is 0.222. The number of rotatable bonds is 0. The number of aryl methyl sites for hydroxylation is 1. The Hall–Kier alpha value is -1.71. The number of pyridine rings is 1. The van der Waals surface area contributed by atoms with Crippen molar-refractivity contribution in [3.63, 3.8) is 0 Å². The Kier molecular flexibility index (Phi) is 1.62. The first kappa shape index (κ1) is 7.91. The summed E-state index contributed by atoms with van der Waals surface area (Å²) >= 11 is 0. The van der Waals surface area contributed by atoms with Crippen molar-refractivity contribution in [1.82, 2.24) is 14.5 Å². The highest BCUT2D eigenvalue weighted by molar-refractivity contribution is 5.72. The smallest absolute Gasteiger partial charge is 0.262 e. The third-order valence-electron chi connectivity index (χ3n) is 2.07. The van der Waals surface area contributed by atoms with Crippen molar-refractivity contribution in [2.45, 2.75) is 6.92 Å². The quantitative estimate of drug-likeness (QED) is 0.590. The summed E-state index contributed by atoms with van der Waals surface area (Å²) in [7, 11) is 1.71. The van der Waals surface area contributed by atoms with Crippen LogP contribution >= 0.6 is 0 Å². The van der Waals surface area contributed by atoms with E-state index in [2.05, 4.69) is 9.97 Å². The van der Waals surface area contributed by atoms with Crippen LogP contribution in [0.5, 0.6) is 0 Å². The Labute approximate surface area is 74.9 Å². The van der Waals surface area contributed by atoms with Crippen molar-refractivity contribution >= 4 is 11.0 Å². The number of hydrogen-bond acceptors (Lipinski definition) is 3. The van der Waals surface area contributed by atoms with E-state index in [9.17, 15) is 4.79 Å². The Bertz CT molecular complexity index is 516. The minimum atomic E-state index is -0.0457. The van der Waals surface area contributed by atoms with Gasteiger partial charge in [-0.15, -0.1) is 0 Å². The van der Waals surface area contributed by atoms with E-state index in [1.807, 2.05) is 0 Å². The van der Waals surface area contributed by atoms with E-state index in [0.29, 0.717) is 16.9 Å². The van der Waals surface area contributed by atoms with Crippen molar-refractivity contribution in [2.24, 2.45) is 7.05 Å². The molecule has 0 atom stereocenters. The first-order valence-electron chi connectivity index (χ1n) is 3.98. The van der Waals surface area contributed by atoms with Crippen molar-refractivity contribution in [3.05, 3.63) is 34.5 Å². The third-order valence-corrected chi connectivity index (χ3v) is 2.07. The van der Waals surface area contributed by atoms with Gasteiger partial charge in [-0.25, -0.2) is 9.97 Å². The molecule has 0 amide bonds. The SMILES string of the molecule is Cc1nc2ncccc2c(=O)n1C. The van der Waals surface area contributed by atoms with E-state index < -0.39 is 0 Å². The molecule has 0 aliphatic heterocycles. The van der Waals surface area contributed by atoms with Crippen LogP contribution in [0, 0.1) is 6.92 Å². The van der Waals surface area contributed by atoms with Gasteiger partial charge in [-0.3, -0.25) is 9.36 Å². The van der Waals surface area contributed by atoms with Gasteiger partial charge >= 0.3 is 0 Å². The molecule has 0 N–H and O–H groups in total. The van der Waals surface area contributed by atoms with E-state index in [-0.39, 0.29) is 5.56 Å². The van der Waals surface area contributed by atoms with Crippen LogP contribution in [0.15, 0.2) is 23.1 Å². The normalized spacial score (nSPS) is 10.6. The molecule has 0 radical (unpaired) electrons. The standard InChI is InChI=1S/C9H9N3O/c1-6-11-8-7(4-3-5-10-8)9(13)12(6)2/h3-5H,1-2H3. The molecular formula is C9H9N3O. The molecule has 0 fully saturated rings. The monoisotopic (exact) mass is 175 g/mol. The maximum absolute atomic E-state index is 11.6. The highest BCUT2D eigenvalue weighted by Crippen LogP contribution is 2.02. The molecule has 0 bridgehead atoms. The van der Waals surface area contributed by atoms with Gasteiger partial charge in [0.1, 0.15) is 5.82 Å². The highest BCUT2D eigenvalue weighted by atomic mass is 16.1. The van der Waals surface area contributed by atoms with Gasteiger partial charge in [-0.05, 0) is 19.1 Å². The van der Waals surface area contributed by atoms with E-state index in [4.69, 9.17) is 0 Å². The third kappa shape index (κ3) is 1.11. The number of aromatic nitrogens is 3. The van der Waals surface area contributed by atoms with E-state index in [1.54, 1.807) is 32.3 Å². The second-order valence-corrected chi connectivity index (χ2v) is 2.90. The highest BCUT2D eigenvalue weighted by Gasteiger charge is 2.03. The molecule has 4 heteroatoms. The molecule has 2 aromatic heterocycles. The van der Waals surface area contributed by atoms with E-state index >= 15 is 0 Å². The Balaban J connectivity index is 3.03. The lowest BCUT2D eigenvalue weighted by Gasteiger charge is -2.02. The number of nitrogens with zero attached hydrogens (tertiary/aromatic N) is 3. The van der Waals surface area contributed by atoms with Crippen molar-refractivity contribution in [1.29, 1.82) is 0 Å². The van der Waals surface area contributed by atoms with Gasteiger partial charge < -0.3 is 0 Å². The zero-order valence-corrected chi connectivity index (χ0v) is 7.48. The second kappa shape index (κ2) is 2.65. The molecule has 0 aliphatic rings. The topological polar surface area (TPSA) is 47.8 Å². The molecule has 0 spiro atoms. The van der Waals surface area contributed by atoms with Gasteiger partial charge in [0, 0.05) is 13.2 Å². The summed E-state index contributed by atoms with van der Waals surface area (Å²) in [4.78, 5) is 19.8. The van der Waals surface area contributed by atoms with Crippen LogP contribution in [0.4, 0.5) is 0 Å². The zero-order chi connectivity index (χ0) is 9.42. The van der Waals surface area contributed by atoms with Crippen molar-refractivity contribution in [3.8, 4) is 0 Å². The van der Waals surface area contributed by atoms with Crippen LogP contribution in [-0.4, -0.2) is 14.5 Å². The van der Waals surface area contributed by atoms with Gasteiger partial charge in [0.2, 0.25) is 0 Å². The predicted octanol–water partition coefficient (Wildman–Crippen LogP) is 0.637. The molecule has 0 aromatic carbocycles. The summed E-state index contributed by atoms with van der Waals surface area (Å²) < 4.78 is 1.52. The summed E-state index contributed by atoms with van der Waals surface area (Å²) in [5.74, 6) is 0.677. The maximum atomic E-state index is 11.6. The first-order chi connectivity index (χ1) is 6.20. The lowest BCUT2D eigenvalue weighted by molar-refractivity contribution is 0.789. The summed E-state index contributed by atoms with van der Waals surface area (Å²) in [6.45, 7) is 1.79. The van der Waals surface area contributed by atoms with Crippen LogP contribution in [0.3, 0.4) is 0 Å². The first-order valence-corrected chi connectivity index (χ1v) is 3.98. The van der Waals surface area contributed by atoms with Crippen LogP contribution in [0.25, 0.3) is 11.0 Å². The number of fused-ring (bicyclic) bond motifs is 1. The maximum Gasteiger partial charge on any atom is 0.262 e. The number of hydrogen-bond donors (Lipinski definition) is 0. The molecule has 0 saturated heterocycles. The minimum Gasteiger partial charge on any atom is -0.299 e. The average Bonchev–Trinajstić information content (AvgIpc) is 2.15. The fourth-order valence-corrected chi connectivity index (χ4v) is 1.21. The van der Waals surface area contributed by atoms with Crippen LogP contribution in [-0.2, 0) is 7.05 Å². The van der Waals surface area contributed by atoms with E-state index in [0.717, 1.165) is 0 Å². The van der Waals surface area contributed by atoms with Crippen LogP contribution < -0.4 is 5.56 Å². The summed E-state index contributed by atoms with van der Waals surface area (Å²) in [5.41, 5.74) is 0.471. The van der Waals surface area contributed by atoms with Gasteiger partial charge in [-0.1, -0.05) is 0 Å². The van der Waals surface area contributed by atoms with Gasteiger partial charge in [0.15, 0.2) is 5.65 Å². The Morgan fingerprint density at radius 3 is 3.00 bits per heavy atom. The molecule has 0 unspecified atom stereocenters. The predicted molar refractivity (Wildman–Crippen MR) is 49.5 cm³/mol. The molecule has 2 rings (SSSR count). The van der Waals surface area contributed by atoms with Gasteiger partial charge in [0.25, 0.3) is 5.56 Å². The average molecular weight is 175 g/mol. The lowest BCUT2D eigenvalue weighted by atomic mass is 10.3. The molecule has 2 heterocycles. The molecule has 0 aliphatic carbocycles. The minimum absolute atomic E-state index is 0.0457. The zero-order valence-electron chi connectivity index (χ0n) is 7.48. The Morgan fingerprint density at radius 1 is 1.46 bits per heavy atom. The largest absolute Gasteiger partial charge is 0.299 e. The fourth-order valence-electron chi connectivity index (χ4n) is 1.21. The van der Waals surface area contributed by atoms with Crippen molar-refractivity contribution < 1.29 is 0 Å². The van der Waals surface area contributed by atoms with Crippen molar-refractivity contribution in [2.75, 3.05) is 0 Å². The molecule has 0 saturated carbocycles. The second-order valence-electron chi connectivity index (χ2n) is 2.90. The molecule has 66 valence electrons. The molecule has 13 heavy (non-hydrogen) atoms. The summed E-state index contributed by atoms with van der Waals surface area (Å²) in [5, 5.41) is 0.565. The molecule has 4 nitrogen and oxygen atoms in total. The Morgan fingerprint density at radius 2 is 2.23 bits per heavy atom. The summed E-state index contributed by atoms with van der Waals surface area (Å²) in [6.07, 6.45) is 1.63. The molecular weight excluding hydrogens is 166 g/mol. The summed E-state index contributed by atoms with van der Waals surface area (Å²) in [6, 6.07) is 3.47. The van der Waals surface area contributed by atoms with Gasteiger partial charge in [0.05, 0.1) is 5.39 Å².